The van der Waals surface area contributed by atoms with Crippen LogP contribution in [0, 0.1) is 11.5 Å². The maximum absolute atomic E-state index is 10.6. The van der Waals surface area contributed by atoms with E-state index in [0.717, 1.165) is 16.7 Å². The highest BCUT2D eigenvalue weighted by atomic mass is 32.1. The lowest BCUT2D eigenvalue weighted by Gasteiger charge is -2.02. The highest BCUT2D eigenvalue weighted by Gasteiger charge is 2.08. The normalized spacial score (nSPS) is 10.4. The number of carbonyl (C=O) groups excluding carboxylic acids is 1. The van der Waals surface area contributed by atoms with Gasteiger partial charge in [-0.3, -0.25) is 4.79 Å². The number of thiophene rings is 1. The number of carbonyl (C=O) groups is 1. The second kappa shape index (κ2) is 3.90. The molecule has 1 aromatic rings. The van der Waals surface area contributed by atoms with Gasteiger partial charge in [-0.15, -0.1) is 16.9 Å². The molecule has 68 valence electrons. The van der Waals surface area contributed by atoms with Gasteiger partial charge in [0, 0.05) is 5.56 Å². The third-order valence-electron chi connectivity index (χ3n) is 1.37. The van der Waals surface area contributed by atoms with Crippen LogP contribution in [0.3, 0.4) is 0 Å². The molecule has 0 fully saturated rings. The average molecular weight is 208 g/mol. The molecule has 0 aromatic carbocycles. The zero-order chi connectivity index (χ0) is 9.90. The Kier molecular flexibility index (Phi) is 3.07. The summed E-state index contributed by atoms with van der Waals surface area (Å²) in [4.78, 5) is 11.3. The molecule has 0 N–H and O–H groups in total. The highest BCUT2D eigenvalue weighted by Crippen LogP contribution is 2.13. The number of hydrogen-bond donors (Lipinski definition) is 0. The van der Waals surface area contributed by atoms with Crippen LogP contribution >= 0.6 is 11.3 Å². The smallest absolute Gasteiger partial charge is 0.161 e. The van der Waals surface area contributed by atoms with Gasteiger partial charge in [-0.2, -0.15) is 0 Å². The van der Waals surface area contributed by atoms with Crippen LogP contribution < -0.4 is 0 Å². The molecule has 1 heterocycles. The molecule has 0 aliphatic rings. The van der Waals surface area contributed by atoms with Crippen LogP contribution in [-0.4, -0.2) is 14.4 Å². The average Bonchev–Trinajstić information content (AvgIpc) is 2.46. The molecule has 0 aliphatic carbocycles. The summed E-state index contributed by atoms with van der Waals surface area (Å²) >= 11 is 1.44. The van der Waals surface area contributed by atoms with Gasteiger partial charge in [-0.25, -0.2) is 0 Å². The summed E-state index contributed by atoms with van der Waals surface area (Å²) in [6, 6.07) is 1.90. The molecular weight excluding hydrogens is 196 g/mol. The topological polar surface area (TPSA) is 17.1 Å². The molecule has 0 saturated heterocycles. The van der Waals surface area contributed by atoms with Crippen LogP contribution in [-0.2, 0) is 0 Å². The molecule has 3 heteroatoms. The van der Waals surface area contributed by atoms with Gasteiger partial charge in [0.25, 0.3) is 0 Å². The summed E-state index contributed by atoms with van der Waals surface area (Å²) < 4.78 is 0. The standard InChI is InChI=1S/C10H12OSSi/c1-13(2,3)7-5-9-4-6-12-10(9)8-11/h4,6,8H,1-3H3. The Balaban J connectivity index is 2.95. The summed E-state index contributed by atoms with van der Waals surface area (Å²) in [7, 11) is -1.32. The van der Waals surface area contributed by atoms with E-state index in [4.69, 9.17) is 0 Å². The molecule has 0 bridgehead atoms. The van der Waals surface area contributed by atoms with Gasteiger partial charge < -0.3 is 0 Å². The molecule has 0 unspecified atom stereocenters. The highest BCUT2D eigenvalue weighted by molar-refractivity contribution is 7.11. The molecular formula is C10H12OSSi. The van der Waals surface area contributed by atoms with Crippen LogP contribution in [0.1, 0.15) is 15.2 Å². The number of hydrogen-bond acceptors (Lipinski definition) is 2. The van der Waals surface area contributed by atoms with Gasteiger partial charge in [-0.1, -0.05) is 25.6 Å². The van der Waals surface area contributed by atoms with E-state index in [0.29, 0.717) is 0 Å². The number of aldehydes is 1. The molecule has 13 heavy (non-hydrogen) atoms. The van der Waals surface area contributed by atoms with E-state index in [9.17, 15) is 4.79 Å². The van der Waals surface area contributed by atoms with E-state index in [2.05, 4.69) is 31.1 Å². The first kappa shape index (κ1) is 10.2. The lowest BCUT2D eigenvalue weighted by molar-refractivity contribution is 0.112. The van der Waals surface area contributed by atoms with Gasteiger partial charge in [0.1, 0.15) is 8.07 Å². The molecule has 0 atom stereocenters. The monoisotopic (exact) mass is 208 g/mol. The first-order chi connectivity index (χ1) is 6.03. The van der Waals surface area contributed by atoms with Crippen LogP contribution in [0.5, 0.6) is 0 Å². The first-order valence-corrected chi connectivity index (χ1v) is 8.47. The van der Waals surface area contributed by atoms with E-state index in [1.54, 1.807) is 0 Å². The van der Waals surface area contributed by atoms with Crippen LogP contribution in [0.25, 0.3) is 0 Å². The minimum Gasteiger partial charge on any atom is -0.297 e. The molecule has 1 rings (SSSR count). The molecule has 1 nitrogen and oxygen atoms in total. The fourth-order valence-corrected chi connectivity index (χ4v) is 1.93. The van der Waals surface area contributed by atoms with Crippen molar-refractivity contribution in [3.63, 3.8) is 0 Å². The van der Waals surface area contributed by atoms with Crippen LogP contribution in [0.2, 0.25) is 19.6 Å². The predicted molar refractivity (Wildman–Crippen MR) is 59.9 cm³/mol. The predicted octanol–water partition coefficient (Wildman–Crippen LogP) is 2.79. The van der Waals surface area contributed by atoms with Crippen molar-refractivity contribution in [3.8, 4) is 11.5 Å². The van der Waals surface area contributed by atoms with E-state index < -0.39 is 8.07 Å². The van der Waals surface area contributed by atoms with Gasteiger partial charge in [-0.05, 0) is 11.4 Å². The van der Waals surface area contributed by atoms with Crippen molar-refractivity contribution in [1.29, 1.82) is 0 Å². The molecule has 0 saturated carbocycles. The largest absolute Gasteiger partial charge is 0.297 e. The van der Waals surface area contributed by atoms with Crippen molar-refractivity contribution >= 4 is 25.7 Å². The fraction of sp³-hybridized carbons (Fsp3) is 0.300. The molecule has 0 spiro atoms. The lowest BCUT2D eigenvalue weighted by Crippen LogP contribution is -2.16. The summed E-state index contributed by atoms with van der Waals surface area (Å²) in [5.74, 6) is 3.08. The zero-order valence-corrected chi connectivity index (χ0v) is 9.87. The quantitative estimate of drug-likeness (QED) is 0.394. The molecule has 0 aliphatic heterocycles. The van der Waals surface area contributed by atoms with Crippen molar-refractivity contribution in [1.82, 2.24) is 0 Å². The maximum atomic E-state index is 10.6. The third kappa shape index (κ3) is 3.17. The van der Waals surface area contributed by atoms with Gasteiger partial charge >= 0.3 is 0 Å². The summed E-state index contributed by atoms with van der Waals surface area (Å²) in [6.45, 7) is 6.56. The van der Waals surface area contributed by atoms with Crippen LogP contribution in [0.4, 0.5) is 0 Å². The lowest BCUT2D eigenvalue weighted by atomic mass is 10.3. The van der Waals surface area contributed by atoms with Crippen molar-refractivity contribution in [2.45, 2.75) is 19.6 Å². The third-order valence-corrected chi connectivity index (χ3v) is 3.09. The van der Waals surface area contributed by atoms with E-state index in [-0.39, 0.29) is 0 Å². The van der Waals surface area contributed by atoms with Crippen molar-refractivity contribution in [3.05, 3.63) is 21.9 Å². The molecule has 1 aromatic heterocycles. The van der Waals surface area contributed by atoms with Gasteiger partial charge in [0.2, 0.25) is 0 Å². The van der Waals surface area contributed by atoms with Crippen molar-refractivity contribution in [2.24, 2.45) is 0 Å². The van der Waals surface area contributed by atoms with E-state index in [1.165, 1.54) is 11.3 Å². The Hall–Kier alpha value is -0.853. The van der Waals surface area contributed by atoms with Gasteiger partial charge in [0.05, 0.1) is 4.88 Å². The number of rotatable bonds is 1. The second-order valence-corrected chi connectivity index (χ2v) is 9.51. The Morgan fingerprint density at radius 1 is 1.46 bits per heavy atom. The summed E-state index contributed by atoms with van der Waals surface area (Å²) in [6.07, 6.45) is 0.874. The summed E-state index contributed by atoms with van der Waals surface area (Å²) in [5, 5.41) is 1.90. The summed E-state index contributed by atoms with van der Waals surface area (Å²) in [5.41, 5.74) is 4.11. The van der Waals surface area contributed by atoms with E-state index >= 15 is 0 Å². The zero-order valence-electron chi connectivity index (χ0n) is 8.05. The van der Waals surface area contributed by atoms with Crippen LogP contribution in [0.15, 0.2) is 11.4 Å². The van der Waals surface area contributed by atoms with Crippen molar-refractivity contribution in [2.75, 3.05) is 0 Å². The Morgan fingerprint density at radius 3 is 2.69 bits per heavy atom. The Labute approximate surface area is 83.8 Å². The second-order valence-electron chi connectivity index (χ2n) is 3.82. The minimum absolute atomic E-state index is 0.741. The molecule has 0 amide bonds. The minimum atomic E-state index is -1.32. The Bertz CT molecular complexity index is 362. The van der Waals surface area contributed by atoms with E-state index in [1.807, 2.05) is 11.4 Å². The first-order valence-electron chi connectivity index (χ1n) is 4.09. The SMILES string of the molecule is C[Si](C)(C)C#Cc1ccsc1C=O. The van der Waals surface area contributed by atoms with Gasteiger partial charge in [0.15, 0.2) is 6.29 Å². The Morgan fingerprint density at radius 2 is 2.15 bits per heavy atom. The van der Waals surface area contributed by atoms with Crippen molar-refractivity contribution < 1.29 is 4.79 Å². The maximum Gasteiger partial charge on any atom is 0.161 e. The fourth-order valence-electron chi connectivity index (χ4n) is 0.770. The molecule has 0 radical (unpaired) electrons.